The molecule has 2 aromatic rings. The Morgan fingerprint density at radius 2 is 1.95 bits per heavy atom. The van der Waals surface area contributed by atoms with Gasteiger partial charge in [-0.2, -0.15) is 0 Å². The monoisotopic (exact) mass is 282 g/mol. The number of sulfone groups is 1. The topological polar surface area (TPSA) is 67.5 Å². The lowest BCUT2D eigenvalue weighted by atomic mass is 10.0. The first-order valence-electron chi connectivity index (χ1n) is 6.01. The second-order valence-electron chi connectivity index (χ2n) is 5.42. The fourth-order valence-electron chi connectivity index (χ4n) is 1.91. The molecular weight excluding hydrogens is 264 g/mol. The lowest BCUT2D eigenvalue weighted by molar-refractivity contribution is 0.116. The molecule has 0 saturated heterocycles. The van der Waals surface area contributed by atoms with Gasteiger partial charge in [-0.25, -0.2) is 8.42 Å². The largest absolute Gasteiger partial charge is 0.458 e. The van der Waals surface area contributed by atoms with Gasteiger partial charge >= 0.3 is 0 Å². The van der Waals surface area contributed by atoms with Crippen LogP contribution in [0.4, 0.5) is 0 Å². The standard InChI is InChI=1S/C14H18O4S/c1-9-6-5-7-10-8-11(18-12(9)10)13(15)14(2,3)19(4,16)17/h5-8,13,15H,1-4H3. The van der Waals surface area contributed by atoms with Crippen LogP contribution in [0.2, 0.25) is 0 Å². The van der Waals surface area contributed by atoms with Crippen LogP contribution in [0.3, 0.4) is 0 Å². The van der Waals surface area contributed by atoms with Crippen molar-refractivity contribution in [2.45, 2.75) is 31.6 Å². The minimum Gasteiger partial charge on any atom is -0.458 e. The van der Waals surface area contributed by atoms with E-state index < -0.39 is 20.7 Å². The summed E-state index contributed by atoms with van der Waals surface area (Å²) in [5.74, 6) is 0.278. The number of hydrogen-bond donors (Lipinski definition) is 1. The van der Waals surface area contributed by atoms with Crippen LogP contribution in [0.5, 0.6) is 0 Å². The molecule has 0 fully saturated rings. The fraction of sp³-hybridized carbons (Fsp3) is 0.429. The van der Waals surface area contributed by atoms with Gasteiger partial charge in [-0.05, 0) is 32.4 Å². The summed E-state index contributed by atoms with van der Waals surface area (Å²) in [5, 5.41) is 11.2. The van der Waals surface area contributed by atoms with Crippen LogP contribution >= 0.6 is 0 Å². The summed E-state index contributed by atoms with van der Waals surface area (Å²) >= 11 is 0. The Bertz CT molecular complexity index is 710. The molecule has 0 aliphatic heterocycles. The van der Waals surface area contributed by atoms with Crippen molar-refractivity contribution in [1.82, 2.24) is 0 Å². The van der Waals surface area contributed by atoms with Crippen molar-refractivity contribution in [2.75, 3.05) is 6.26 Å². The molecule has 104 valence electrons. The van der Waals surface area contributed by atoms with Gasteiger partial charge in [0.25, 0.3) is 0 Å². The number of fused-ring (bicyclic) bond motifs is 1. The Balaban J connectivity index is 2.54. The highest BCUT2D eigenvalue weighted by Gasteiger charge is 2.40. The third-order valence-corrected chi connectivity index (χ3v) is 5.78. The summed E-state index contributed by atoms with van der Waals surface area (Å²) in [4.78, 5) is 0. The molecule has 0 amide bonds. The molecule has 19 heavy (non-hydrogen) atoms. The van der Waals surface area contributed by atoms with E-state index in [0.29, 0.717) is 5.58 Å². The summed E-state index contributed by atoms with van der Waals surface area (Å²) < 4.78 is 27.8. The van der Waals surface area contributed by atoms with Gasteiger partial charge in [-0.3, -0.25) is 0 Å². The van der Waals surface area contributed by atoms with Crippen molar-refractivity contribution in [3.8, 4) is 0 Å². The van der Waals surface area contributed by atoms with Crippen LogP contribution in [0.25, 0.3) is 11.0 Å². The van der Waals surface area contributed by atoms with E-state index in [1.165, 1.54) is 13.8 Å². The fourth-order valence-corrected chi connectivity index (χ4v) is 2.43. The molecule has 2 rings (SSSR count). The highest BCUT2D eigenvalue weighted by atomic mass is 32.2. The van der Waals surface area contributed by atoms with Crippen molar-refractivity contribution >= 4 is 20.8 Å². The molecular formula is C14H18O4S. The Morgan fingerprint density at radius 3 is 2.47 bits per heavy atom. The predicted octanol–water partition coefficient (Wildman–Crippen LogP) is 2.60. The second-order valence-corrected chi connectivity index (χ2v) is 8.02. The summed E-state index contributed by atoms with van der Waals surface area (Å²) in [5.41, 5.74) is 1.63. The Morgan fingerprint density at radius 1 is 1.32 bits per heavy atom. The number of para-hydroxylation sites is 1. The molecule has 1 heterocycles. The van der Waals surface area contributed by atoms with Gasteiger partial charge in [0.05, 0.1) is 4.75 Å². The number of benzene rings is 1. The van der Waals surface area contributed by atoms with Gasteiger partial charge in [-0.15, -0.1) is 0 Å². The third kappa shape index (κ3) is 2.28. The van der Waals surface area contributed by atoms with E-state index >= 15 is 0 Å². The summed E-state index contributed by atoms with van der Waals surface area (Å²) in [6, 6.07) is 7.37. The zero-order chi connectivity index (χ0) is 14.4. The normalized spacial score (nSPS) is 14.8. The molecule has 0 saturated carbocycles. The maximum Gasteiger partial charge on any atom is 0.155 e. The number of aliphatic hydroxyl groups excluding tert-OH is 1. The molecule has 0 bridgehead atoms. The van der Waals surface area contributed by atoms with Crippen LogP contribution in [0.15, 0.2) is 28.7 Å². The number of furan rings is 1. The molecule has 0 aliphatic carbocycles. The lowest BCUT2D eigenvalue weighted by Gasteiger charge is -2.26. The van der Waals surface area contributed by atoms with Gasteiger partial charge in [0.15, 0.2) is 9.84 Å². The zero-order valence-electron chi connectivity index (χ0n) is 11.5. The number of rotatable bonds is 3. The molecule has 0 spiro atoms. The maximum atomic E-state index is 11.7. The molecule has 1 aromatic carbocycles. The third-order valence-electron chi connectivity index (χ3n) is 3.64. The van der Waals surface area contributed by atoms with Gasteiger partial charge in [0, 0.05) is 11.6 Å². The minimum absolute atomic E-state index is 0.278. The molecule has 1 unspecified atom stereocenters. The second kappa shape index (κ2) is 4.35. The smallest absolute Gasteiger partial charge is 0.155 e. The predicted molar refractivity (Wildman–Crippen MR) is 74.8 cm³/mol. The summed E-state index contributed by atoms with van der Waals surface area (Å²) in [6.07, 6.45) is -0.0845. The van der Waals surface area contributed by atoms with Crippen LogP contribution in [-0.4, -0.2) is 24.5 Å². The van der Waals surface area contributed by atoms with Crippen molar-refractivity contribution in [2.24, 2.45) is 0 Å². The average molecular weight is 282 g/mol. The van der Waals surface area contributed by atoms with Crippen molar-refractivity contribution < 1.29 is 17.9 Å². The van der Waals surface area contributed by atoms with E-state index in [0.717, 1.165) is 17.2 Å². The Hall–Kier alpha value is -1.33. The van der Waals surface area contributed by atoms with Gasteiger partial charge in [-0.1, -0.05) is 18.2 Å². The molecule has 1 atom stereocenters. The van der Waals surface area contributed by atoms with Crippen LogP contribution in [0.1, 0.15) is 31.3 Å². The number of aliphatic hydroxyl groups is 1. The van der Waals surface area contributed by atoms with E-state index in [2.05, 4.69) is 0 Å². The van der Waals surface area contributed by atoms with Crippen LogP contribution in [-0.2, 0) is 9.84 Å². The highest BCUT2D eigenvalue weighted by Crippen LogP contribution is 2.35. The van der Waals surface area contributed by atoms with E-state index in [1.54, 1.807) is 6.07 Å². The molecule has 0 aliphatic rings. The minimum atomic E-state index is -3.41. The number of aryl methyl sites for hydroxylation is 1. The van der Waals surface area contributed by atoms with E-state index in [9.17, 15) is 13.5 Å². The average Bonchev–Trinajstić information content (AvgIpc) is 2.71. The zero-order valence-corrected chi connectivity index (χ0v) is 12.3. The van der Waals surface area contributed by atoms with E-state index in [4.69, 9.17) is 4.42 Å². The van der Waals surface area contributed by atoms with E-state index in [1.807, 2.05) is 25.1 Å². The van der Waals surface area contributed by atoms with Crippen molar-refractivity contribution in [1.29, 1.82) is 0 Å². The molecule has 4 nitrogen and oxygen atoms in total. The summed E-state index contributed by atoms with van der Waals surface area (Å²) in [6.45, 7) is 4.89. The first-order valence-corrected chi connectivity index (χ1v) is 7.90. The van der Waals surface area contributed by atoms with Gasteiger partial charge in [0.2, 0.25) is 0 Å². The quantitative estimate of drug-likeness (QED) is 0.939. The van der Waals surface area contributed by atoms with Crippen LogP contribution in [0, 0.1) is 6.92 Å². The Labute approximate surface area is 113 Å². The highest BCUT2D eigenvalue weighted by molar-refractivity contribution is 7.92. The number of hydrogen-bond acceptors (Lipinski definition) is 4. The molecule has 0 radical (unpaired) electrons. The first-order chi connectivity index (χ1) is 8.64. The molecule has 1 aromatic heterocycles. The van der Waals surface area contributed by atoms with E-state index in [-0.39, 0.29) is 5.76 Å². The Kier molecular flexibility index (Phi) is 3.23. The summed E-state index contributed by atoms with van der Waals surface area (Å²) in [7, 11) is -3.41. The maximum absolute atomic E-state index is 11.7. The van der Waals surface area contributed by atoms with Gasteiger partial charge < -0.3 is 9.52 Å². The lowest BCUT2D eigenvalue weighted by Crippen LogP contribution is -2.37. The molecule has 1 N–H and O–H groups in total. The first kappa shape index (κ1) is 14.1. The SMILES string of the molecule is Cc1cccc2cc(C(O)C(C)(C)S(C)(=O)=O)oc12. The molecule has 5 heteroatoms. The van der Waals surface area contributed by atoms with Crippen molar-refractivity contribution in [3.05, 3.63) is 35.6 Å². The van der Waals surface area contributed by atoms with Crippen LogP contribution < -0.4 is 0 Å². The van der Waals surface area contributed by atoms with Gasteiger partial charge in [0.1, 0.15) is 17.4 Å². The van der Waals surface area contributed by atoms with Crippen molar-refractivity contribution in [3.63, 3.8) is 0 Å².